The number of aromatic amines is 1. The topological polar surface area (TPSA) is 57.8 Å². The fourth-order valence-corrected chi connectivity index (χ4v) is 2.84. The molecule has 3 rings (SSSR count). The number of hydrogen-bond acceptors (Lipinski definition) is 3. The maximum absolute atomic E-state index is 11.9. The SMILES string of the molecule is Cc1ccc(Cc2nc(C3CCNCC3)cc(=O)[nH]2)cc1. The first-order chi connectivity index (χ1) is 10.2. The Hall–Kier alpha value is -1.94. The van der Waals surface area contributed by atoms with Crippen molar-refractivity contribution in [3.8, 4) is 0 Å². The molecule has 0 unspecified atom stereocenters. The second-order valence-corrected chi connectivity index (χ2v) is 5.80. The lowest BCUT2D eigenvalue weighted by Gasteiger charge is -2.22. The van der Waals surface area contributed by atoms with Crippen molar-refractivity contribution in [3.63, 3.8) is 0 Å². The molecule has 4 heteroatoms. The van der Waals surface area contributed by atoms with Crippen LogP contribution in [0.5, 0.6) is 0 Å². The van der Waals surface area contributed by atoms with Gasteiger partial charge in [0.15, 0.2) is 0 Å². The predicted octanol–water partition coefficient (Wildman–Crippen LogP) is 2.14. The normalized spacial score (nSPS) is 16.0. The molecule has 1 aliphatic heterocycles. The second kappa shape index (κ2) is 6.22. The molecule has 0 atom stereocenters. The van der Waals surface area contributed by atoms with Crippen LogP contribution in [0.4, 0.5) is 0 Å². The summed E-state index contributed by atoms with van der Waals surface area (Å²) in [6.45, 7) is 4.08. The minimum atomic E-state index is -0.0411. The third-order valence-electron chi connectivity index (χ3n) is 4.06. The number of rotatable bonds is 3. The van der Waals surface area contributed by atoms with Gasteiger partial charge in [-0.1, -0.05) is 29.8 Å². The fourth-order valence-electron chi connectivity index (χ4n) is 2.84. The van der Waals surface area contributed by atoms with Crippen molar-refractivity contribution in [1.82, 2.24) is 15.3 Å². The van der Waals surface area contributed by atoms with Gasteiger partial charge in [-0.15, -0.1) is 0 Å². The van der Waals surface area contributed by atoms with E-state index in [1.54, 1.807) is 6.07 Å². The monoisotopic (exact) mass is 283 g/mol. The highest BCUT2D eigenvalue weighted by Gasteiger charge is 2.17. The number of aromatic nitrogens is 2. The molecule has 1 aromatic carbocycles. The standard InChI is InChI=1S/C17H21N3O/c1-12-2-4-13(5-3-12)10-16-19-15(11-17(21)20-16)14-6-8-18-9-7-14/h2-5,11,14,18H,6-10H2,1H3,(H,19,20,21). The summed E-state index contributed by atoms with van der Waals surface area (Å²) in [5.74, 6) is 1.17. The molecule has 4 nitrogen and oxygen atoms in total. The van der Waals surface area contributed by atoms with Crippen molar-refractivity contribution in [1.29, 1.82) is 0 Å². The highest BCUT2D eigenvalue weighted by molar-refractivity contribution is 5.24. The van der Waals surface area contributed by atoms with E-state index >= 15 is 0 Å². The van der Waals surface area contributed by atoms with Crippen LogP contribution in [0.3, 0.4) is 0 Å². The van der Waals surface area contributed by atoms with E-state index in [1.165, 1.54) is 11.1 Å². The molecule has 0 radical (unpaired) electrons. The number of H-pyrrole nitrogens is 1. The van der Waals surface area contributed by atoms with E-state index in [0.29, 0.717) is 12.3 Å². The first kappa shape index (κ1) is 14.0. The smallest absolute Gasteiger partial charge is 0.251 e. The summed E-state index contributed by atoms with van der Waals surface area (Å²) >= 11 is 0. The van der Waals surface area contributed by atoms with Crippen LogP contribution in [0.25, 0.3) is 0 Å². The third kappa shape index (κ3) is 3.58. The van der Waals surface area contributed by atoms with Crippen molar-refractivity contribution in [2.75, 3.05) is 13.1 Å². The van der Waals surface area contributed by atoms with Gasteiger partial charge in [-0.3, -0.25) is 4.79 Å². The summed E-state index contributed by atoms with van der Waals surface area (Å²) in [5, 5.41) is 3.35. The number of nitrogens with one attached hydrogen (secondary N) is 2. The van der Waals surface area contributed by atoms with Crippen LogP contribution in [0, 0.1) is 6.92 Å². The van der Waals surface area contributed by atoms with Crippen LogP contribution in [0.1, 0.15) is 41.4 Å². The quantitative estimate of drug-likeness (QED) is 0.907. The first-order valence-corrected chi connectivity index (χ1v) is 7.57. The Labute approximate surface area is 124 Å². The van der Waals surface area contributed by atoms with Crippen LogP contribution in [-0.4, -0.2) is 23.1 Å². The lowest BCUT2D eigenvalue weighted by molar-refractivity contribution is 0.451. The number of hydrogen-bond donors (Lipinski definition) is 2. The summed E-state index contributed by atoms with van der Waals surface area (Å²) in [7, 11) is 0. The van der Waals surface area contributed by atoms with Gasteiger partial charge in [0, 0.05) is 18.4 Å². The van der Waals surface area contributed by atoms with Gasteiger partial charge in [0.2, 0.25) is 0 Å². The Morgan fingerprint density at radius 2 is 1.90 bits per heavy atom. The molecule has 0 spiro atoms. The van der Waals surface area contributed by atoms with E-state index < -0.39 is 0 Å². The van der Waals surface area contributed by atoms with Gasteiger partial charge < -0.3 is 10.3 Å². The van der Waals surface area contributed by atoms with Crippen LogP contribution in [0.15, 0.2) is 35.1 Å². The molecule has 2 aromatic rings. The molecule has 0 saturated carbocycles. The Balaban J connectivity index is 1.83. The molecule has 21 heavy (non-hydrogen) atoms. The summed E-state index contributed by atoms with van der Waals surface area (Å²) in [4.78, 5) is 19.4. The van der Waals surface area contributed by atoms with Gasteiger partial charge in [-0.2, -0.15) is 0 Å². The lowest BCUT2D eigenvalue weighted by atomic mass is 9.94. The van der Waals surface area contributed by atoms with Crippen molar-refractivity contribution in [2.24, 2.45) is 0 Å². The van der Waals surface area contributed by atoms with Crippen molar-refractivity contribution < 1.29 is 0 Å². The Morgan fingerprint density at radius 1 is 1.19 bits per heavy atom. The third-order valence-corrected chi connectivity index (χ3v) is 4.06. The zero-order chi connectivity index (χ0) is 14.7. The van der Waals surface area contributed by atoms with Crippen molar-refractivity contribution >= 4 is 0 Å². The van der Waals surface area contributed by atoms with E-state index in [0.717, 1.165) is 37.4 Å². The van der Waals surface area contributed by atoms with Gasteiger partial charge in [0.05, 0.1) is 5.69 Å². The number of nitrogens with zero attached hydrogens (tertiary/aromatic N) is 1. The summed E-state index contributed by atoms with van der Waals surface area (Å²) < 4.78 is 0. The molecule has 2 heterocycles. The van der Waals surface area contributed by atoms with Gasteiger partial charge in [-0.05, 0) is 38.4 Å². The highest BCUT2D eigenvalue weighted by Crippen LogP contribution is 2.22. The fraction of sp³-hybridized carbons (Fsp3) is 0.412. The average Bonchev–Trinajstić information content (AvgIpc) is 2.50. The zero-order valence-electron chi connectivity index (χ0n) is 12.4. The maximum Gasteiger partial charge on any atom is 0.251 e. The molecule has 1 aromatic heterocycles. The predicted molar refractivity (Wildman–Crippen MR) is 83.7 cm³/mol. The first-order valence-electron chi connectivity index (χ1n) is 7.57. The highest BCUT2D eigenvalue weighted by atomic mass is 16.1. The maximum atomic E-state index is 11.9. The summed E-state index contributed by atoms with van der Waals surface area (Å²) in [5.41, 5.74) is 3.32. The van der Waals surface area contributed by atoms with Crippen LogP contribution in [0.2, 0.25) is 0 Å². The molecule has 0 bridgehead atoms. The van der Waals surface area contributed by atoms with Crippen LogP contribution < -0.4 is 10.9 Å². The number of piperidine rings is 1. The van der Waals surface area contributed by atoms with Crippen LogP contribution in [-0.2, 0) is 6.42 Å². The van der Waals surface area contributed by atoms with Gasteiger partial charge >= 0.3 is 0 Å². The second-order valence-electron chi connectivity index (χ2n) is 5.80. The molecular weight excluding hydrogens is 262 g/mol. The molecule has 0 aliphatic carbocycles. The van der Waals surface area contributed by atoms with Gasteiger partial charge in [0.1, 0.15) is 5.82 Å². The molecule has 1 saturated heterocycles. The number of benzene rings is 1. The molecule has 0 amide bonds. The largest absolute Gasteiger partial charge is 0.317 e. The van der Waals surface area contributed by atoms with Crippen molar-refractivity contribution in [2.45, 2.75) is 32.1 Å². The van der Waals surface area contributed by atoms with E-state index in [1.807, 2.05) is 0 Å². The molecule has 1 aliphatic rings. The summed E-state index contributed by atoms with van der Waals surface area (Å²) in [6.07, 6.45) is 2.79. The van der Waals surface area contributed by atoms with E-state index in [4.69, 9.17) is 4.98 Å². The minimum Gasteiger partial charge on any atom is -0.317 e. The van der Waals surface area contributed by atoms with Gasteiger partial charge in [0.25, 0.3) is 5.56 Å². The summed E-state index contributed by atoms with van der Waals surface area (Å²) in [6, 6.07) is 10.0. The minimum absolute atomic E-state index is 0.0411. The van der Waals surface area contributed by atoms with E-state index in [9.17, 15) is 4.79 Å². The van der Waals surface area contributed by atoms with E-state index in [-0.39, 0.29) is 5.56 Å². The Morgan fingerprint density at radius 3 is 2.62 bits per heavy atom. The molecular formula is C17H21N3O. The lowest BCUT2D eigenvalue weighted by Crippen LogP contribution is -2.28. The van der Waals surface area contributed by atoms with Crippen molar-refractivity contribution in [3.05, 3.63) is 63.3 Å². The van der Waals surface area contributed by atoms with E-state index in [2.05, 4.69) is 41.5 Å². The number of aryl methyl sites for hydroxylation is 1. The Bertz CT molecular complexity index is 654. The average molecular weight is 283 g/mol. The molecule has 1 fully saturated rings. The van der Waals surface area contributed by atoms with Crippen LogP contribution >= 0.6 is 0 Å². The zero-order valence-corrected chi connectivity index (χ0v) is 12.4. The molecule has 110 valence electrons. The molecule has 2 N–H and O–H groups in total. The van der Waals surface area contributed by atoms with Gasteiger partial charge in [-0.25, -0.2) is 4.98 Å². The Kier molecular flexibility index (Phi) is 4.15.